The van der Waals surface area contributed by atoms with E-state index in [0.29, 0.717) is 5.56 Å². The van der Waals surface area contributed by atoms with Crippen LogP contribution in [0.1, 0.15) is 5.56 Å². The number of sulfonamides is 1. The van der Waals surface area contributed by atoms with Gasteiger partial charge >= 0.3 is 0 Å². The zero-order valence-corrected chi connectivity index (χ0v) is 12.5. The van der Waals surface area contributed by atoms with Gasteiger partial charge in [0, 0.05) is 0 Å². The fourth-order valence-electron chi connectivity index (χ4n) is 1.53. The van der Waals surface area contributed by atoms with Crippen LogP contribution in [-0.4, -0.2) is 13.4 Å². The van der Waals surface area contributed by atoms with E-state index >= 15 is 0 Å². The van der Waals surface area contributed by atoms with Gasteiger partial charge in [0.15, 0.2) is 5.15 Å². The Balaban J connectivity index is 2.41. The first-order chi connectivity index (χ1) is 9.29. The van der Waals surface area contributed by atoms with E-state index in [2.05, 4.69) is 9.71 Å². The van der Waals surface area contributed by atoms with Gasteiger partial charge in [0.25, 0.3) is 10.0 Å². The molecule has 0 saturated heterocycles. The molecule has 1 heterocycles. The highest BCUT2D eigenvalue weighted by molar-refractivity contribution is 7.92. The molecule has 20 heavy (non-hydrogen) atoms. The molecule has 0 aliphatic heterocycles. The molecule has 0 atom stereocenters. The van der Waals surface area contributed by atoms with E-state index in [1.54, 1.807) is 6.92 Å². The van der Waals surface area contributed by atoms with Gasteiger partial charge < -0.3 is 0 Å². The molecule has 2 aromatic rings. The summed E-state index contributed by atoms with van der Waals surface area (Å²) in [5, 5.41) is 0.109. The van der Waals surface area contributed by atoms with Gasteiger partial charge in [-0.3, -0.25) is 4.72 Å². The third kappa shape index (κ3) is 3.20. The first-order valence-corrected chi connectivity index (χ1v) is 7.64. The summed E-state index contributed by atoms with van der Waals surface area (Å²) >= 11 is 11.6. The topological polar surface area (TPSA) is 59.1 Å². The van der Waals surface area contributed by atoms with E-state index < -0.39 is 15.8 Å². The molecule has 0 amide bonds. The van der Waals surface area contributed by atoms with Gasteiger partial charge in [-0.05, 0) is 42.8 Å². The maximum Gasteiger partial charge on any atom is 0.262 e. The summed E-state index contributed by atoms with van der Waals surface area (Å²) < 4.78 is 39.4. The molecule has 1 aromatic carbocycles. The molecule has 1 N–H and O–H groups in total. The molecule has 0 aliphatic carbocycles. The third-order valence-electron chi connectivity index (χ3n) is 2.50. The first kappa shape index (κ1) is 15.0. The van der Waals surface area contributed by atoms with Crippen molar-refractivity contribution in [2.24, 2.45) is 0 Å². The van der Waals surface area contributed by atoms with Crippen molar-refractivity contribution in [1.29, 1.82) is 0 Å². The normalized spacial score (nSPS) is 11.4. The molecule has 8 heteroatoms. The number of halogens is 3. The van der Waals surface area contributed by atoms with Crippen LogP contribution in [0.5, 0.6) is 0 Å². The molecule has 0 aliphatic rings. The molecular weight excluding hydrogens is 326 g/mol. The highest BCUT2D eigenvalue weighted by atomic mass is 35.5. The van der Waals surface area contributed by atoms with Gasteiger partial charge in [0.2, 0.25) is 0 Å². The minimum Gasteiger partial charge on any atom is -0.276 e. The van der Waals surface area contributed by atoms with Crippen molar-refractivity contribution in [2.75, 3.05) is 4.72 Å². The summed E-state index contributed by atoms with van der Waals surface area (Å²) in [6.07, 6.45) is 0. The van der Waals surface area contributed by atoms with Crippen LogP contribution in [0.15, 0.2) is 35.2 Å². The van der Waals surface area contributed by atoms with Crippen LogP contribution in [0, 0.1) is 12.7 Å². The zero-order chi connectivity index (χ0) is 14.9. The molecule has 0 radical (unpaired) electrons. The summed E-state index contributed by atoms with van der Waals surface area (Å²) in [4.78, 5) is 3.69. The van der Waals surface area contributed by atoms with Gasteiger partial charge in [0.05, 0.1) is 10.6 Å². The largest absolute Gasteiger partial charge is 0.276 e. The number of rotatable bonds is 3. The van der Waals surface area contributed by atoms with Crippen molar-refractivity contribution < 1.29 is 12.8 Å². The molecule has 0 fully saturated rings. The van der Waals surface area contributed by atoms with Gasteiger partial charge in [0.1, 0.15) is 11.0 Å². The van der Waals surface area contributed by atoms with Gasteiger partial charge in [-0.15, -0.1) is 0 Å². The van der Waals surface area contributed by atoms with Crippen LogP contribution in [0.4, 0.5) is 10.1 Å². The molecule has 0 unspecified atom stereocenters. The smallest absolute Gasteiger partial charge is 0.262 e. The van der Waals surface area contributed by atoms with E-state index in [1.807, 2.05) is 0 Å². The van der Waals surface area contributed by atoms with E-state index in [1.165, 1.54) is 6.07 Å². The summed E-state index contributed by atoms with van der Waals surface area (Å²) in [6, 6.07) is 5.91. The Morgan fingerprint density at radius 1 is 1.20 bits per heavy atom. The lowest BCUT2D eigenvalue weighted by atomic mass is 10.3. The number of hydrogen-bond acceptors (Lipinski definition) is 3. The van der Waals surface area contributed by atoms with Crippen molar-refractivity contribution in [3.63, 3.8) is 0 Å². The average Bonchev–Trinajstić information content (AvgIpc) is 2.34. The molecule has 0 spiro atoms. The molecular formula is C12H9Cl2FN2O2S. The average molecular weight is 335 g/mol. The number of aromatic nitrogens is 1. The number of nitrogens with zero attached hydrogens (tertiary/aromatic N) is 1. The number of hydrogen-bond donors (Lipinski definition) is 1. The first-order valence-electron chi connectivity index (χ1n) is 5.40. The highest BCUT2D eigenvalue weighted by Gasteiger charge is 2.18. The third-order valence-corrected chi connectivity index (χ3v) is 4.33. The maximum absolute atomic E-state index is 12.8. The second-order valence-corrected chi connectivity index (χ2v) is 6.41. The molecule has 0 bridgehead atoms. The van der Waals surface area contributed by atoms with Crippen LogP contribution < -0.4 is 4.72 Å². The SMILES string of the molecule is Cc1cc(Cl)nc(Cl)c1NS(=O)(=O)c1ccc(F)cc1. The lowest BCUT2D eigenvalue weighted by Gasteiger charge is -2.12. The highest BCUT2D eigenvalue weighted by Crippen LogP contribution is 2.28. The fraction of sp³-hybridized carbons (Fsp3) is 0.0833. The van der Waals surface area contributed by atoms with Crippen molar-refractivity contribution in [3.05, 3.63) is 52.0 Å². The Morgan fingerprint density at radius 2 is 1.80 bits per heavy atom. The van der Waals surface area contributed by atoms with Crippen LogP contribution in [0.3, 0.4) is 0 Å². The summed E-state index contributed by atoms with van der Waals surface area (Å²) in [7, 11) is -3.87. The Bertz CT molecular complexity index is 726. The van der Waals surface area contributed by atoms with E-state index in [0.717, 1.165) is 24.3 Å². The number of benzene rings is 1. The molecule has 4 nitrogen and oxygen atoms in total. The Hall–Kier alpha value is -1.37. The number of pyridine rings is 1. The predicted molar refractivity (Wildman–Crippen MR) is 76.2 cm³/mol. The van der Waals surface area contributed by atoms with Crippen LogP contribution in [0.25, 0.3) is 0 Å². The Morgan fingerprint density at radius 3 is 2.35 bits per heavy atom. The van der Waals surface area contributed by atoms with E-state index in [9.17, 15) is 12.8 Å². The molecule has 1 aromatic heterocycles. The molecule has 106 valence electrons. The van der Waals surface area contributed by atoms with Crippen molar-refractivity contribution in [1.82, 2.24) is 4.98 Å². The van der Waals surface area contributed by atoms with Gasteiger partial charge in [-0.2, -0.15) is 0 Å². The summed E-state index contributed by atoms with van der Waals surface area (Å²) in [5.74, 6) is -0.522. The lowest BCUT2D eigenvalue weighted by molar-refractivity contribution is 0.599. The molecule has 2 rings (SSSR count). The van der Waals surface area contributed by atoms with E-state index in [4.69, 9.17) is 23.2 Å². The second kappa shape index (κ2) is 5.55. The molecule has 0 saturated carbocycles. The Kier molecular flexibility index (Phi) is 4.17. The lowest BCUT2D eigenvalue weighted by Crippen LogP contribution is -2.14. The number of aryl methyl sites for hydroxylation is 1. The summed E-state index contributed by atoms with van der Waals surface area (Å²) in [5.41, 5.74) is 0.668. The maximum atomic E-state index is 12.8. The Labute approximate surface area is 125 Å². The second-order valence-electron chi connectivity index (χ2n) is 3.99. The number of nitrogens with one attached hydrogen (secondary N) is 1. The minimum absolute atomic E-state index is 0.0549. The van der Waals surface area contributed by atoms with Gasteiger partial charge in [-0.1, -0.05) is 23.2 Å². The standard InChI is InChI=1S/C12H9Cl2FN2O2S/c1-7-6-10(13)16-12(14)11(7)17-20(18,19)9-4-2-8(15)3-5-9/h2-6,17H,1H3. The van der Waals surface area contributed by atoms with Crippen molar-refractivity contribution in [2.45, 2.75) is 11.8 Å². The minimum atomic E-state index is -3.87. The van der Waals surface area contributed by atoms with Gasteiger partial charge in [-0.25, -0.2) is 17.8 Å². The van der Waals surface area contributed by atoms with Crippen molar-refractivity contribution in [3.8, 4) is 0 Å². The van der Waals surface area contributed by atoms with Crippen molar-refractivity contribution >= 4 is 38.9 Å². The van der Waals surface area contributed by atoms with Crippen LogP contribution in [-0.2, 0) is 10.0 Å². The fourth-order valence-corrected chi connectivity index (χ4v) is 3.30. The van der Waals surface area contributed by atoms with Crippen LogP contribution in [0.2, 0.25) is 10.3 Å². The summed E-state index contributed by atoms with van der Waals surface area (Å²) in [6.45, 7) is 1.64. The zero-order valence-electron chi connectivity index (χ0n) is 10.2. The number of anilines is 1. The quantitative estimate of drug-likeness (QED) is 0.872. The predicted octanol–water partition coefficient (Wildman–Crippen LogP) is 3.64. The van der Waals surface area contributed by atoms with E-state index in [-0.39, 0.29) is 20.9 Å². The monoisotopic (exact) mass is 334 g/mol. The van der Waals surface area contributed by atoms with Crippen LogP contribution >= 0.6 is 23.2 Å².